The highest BCUT2D eigenvalue weighted by molar-refractivity contribution is 5.04. The van der Waals surface area contributed by atoms with Gasteiger partial charge in [-0.1, -0.05) is 20.8 Å². The Bertz CT molecular complexity index is 306. The molecule has 1 heterocycles. The summed E-state index contributed by atoms with van der Waals surface area (Å²) in [4.78, 5) is 5.04. The van der Waals surface area contributed by atoms with E-state index < -0.39 is 0 Å². The van der Waals surface area contributed by atoms with Gasteiger partial charge >= 0.3 is 0 Å². The van der Waals surface area contributed by atoms with Gasteiger partial charge in [-0.25, -0.2) is 0 Å². The van der Waals surface area contributed by atoms with Gasteiger partial charge in [-0.15, -0.1) is 0 Å². The van der Waals surface area contributed by atoms with E-state index in [9.17, 15) is 5.11 Å². The van der Waals surface area contributed by atoms with E-state index in [1.165, 1.54) is 19.3 Å². The molecule has 2 aliphatic rings. The van der Waals surface area contributed by atoms with Crippen molar-refractivity contribution in [3.63, 3.8) is 0 Å². The van der Waals surface area contributed by atoms with E-state index in [4.69, 9.17) is 0 Å². The molecule has 2 N–H and O–H groups in total. The third-order valence-corrected chi connectivity index (χ3v) is 5.06. The molecule has 2 fully saturated rings. The maximum absolute atomic E-state index is 10.0. The zero-order chi connectivity index (χ0) is 14.8. The van der Waals surface area contributed by atoms with Crippen molar-refractivity contribution < 1.29 is 5.11 Å². The van der Waals surface area contributed by atoms with E-state index in [1.807, 2.05) is 0 Å². The number of rotatable bonds is 7. The molecule has 2 rings (SSSR count). The SMILES string of the molecule is CCC1CN(CC(CO)(NC(C)C)C2CC2)CCN1C. The van der Waals surface area contributed by atoms with Gasteiger partial charge < -0.3 is 15.3 Å². The van der Waals surface area contributed by atoms with Crippen LogP contribution in [-0.4, -0.2) is 72.4 Å². The Morgan fingerprint density at radius 2 is 2.00 bits per heavy atom. The van der Waals surface area contributed by atoms with Gasteiger partial charge in [0, 0.05) is 38.3 Å². The largest absolute Gasteiger partial charge is 0.394 e. The van der Waals surface area contributed by atoms with Crippen LogP contribution in [0.5, 0.6) is 0 Å². The number of aliphatic hydroxyl groups excluding tert-OH is 1. The Kier molecular flexibility index (Phi) is 5.46. The fraction of sp³-hybridized carbons (Fsp3) is 1.00. The van der Waals surface area contributed by atoms with Crippen molar-refractivity contribution in [3.8, 4) is 0 Å². The smallest absolute Gasteiger partial charge is 0.0628 e. The van der Waals surface area contributed by atoms with Gasteiger partial charge in [0.05, 0.1) is 12.1 Å². The molecule has 4 nitrogen and oxygen atoms in total. The van der Waals surface area contributed by atoms with E-state index >= 15 is 0 Å². The molecule has 0 amide bonds. The summed E-state index contributed by atoms with van der Waals surface area (Å²) in [5.41, 5.74) is -0.0810. The molecule has 0 bridgehead atoms. The highest BCUT2D eigenvalue weighted by Gasteiger charge is 2.46. The lowest BCUT2D eigenvalue weighted by atomic mass is 9.91. The second-order valence-electron chi connectivity index (χ2n) is 7.17. The van der Waals surface area contributed by atoms with Crippen LogP contribution in [0.25, 0.3) is 0 Å². The average molecular weight is 283 g/mol. The molecular formula is C16H33N3O. The first-order chi connectivity index (χ1) is 9.50. The van der Waals surface area contributed by atoms with Crippen molar-refractivity contribution in [3.05, 3.63) is 0 Å². The molecule has 0 radical (unpaired) electrons. The molecule has 4 heteroatoms. The van der Waals surface area contributed by atoms with Crippen LogP contribution in [0.15, 0.2) is 0 Å². The fourth-order valence-electron chi connectivity index (χ4n) is 3.72. The quantitative estimate of drug-likeness (QED) is 0.735. The summed E-state index contributed by atoms with van der Waals surface area (Å²) in [6.45, 7) is 11.3. The molecule has 2 unspecified atom stereocenters. The van der Waals surface area contributed by atoms with Crippen molar-refractivity contribution in [2.75, 3.05) is 39.8 Å². The van der Waals surface area contributed by atoms with Crippen LogP contribution in [0, 0.1) is 5.92 Å². The number of aliphatic hydroxyl groups is 1. The Labute approximate surface area is 124 Å². The first-order valence-electron chi connectivity index (χ1n) is 8.32. The third kappa shape index (κ3) is 3.73. The highest BCUT2D eigenvalue weighted by Crippen LogP contribution is 2.40. The van der Waals surface area contributed by atoms with Gasteiger partial charge in [0.25, 0.3) is 0 Å². The summed E-state index contributed by atoms with van der Waals surface area (Å²) in [7, 11) is 2.23. The van der Waals surface area contributed by atoms with Crippen molar-refractivity contribution in [2.24, 2.45) is 5.92 Å². The highest BCUT2D eigenvalue weighted by atomic mass is 16.3. The van der Waals surface area contributed by atoms with Gasteiger partial charge in [0.2, 0.25) is 0 Å². The monoisotopic (exact) mass is 283 g/mol. The number of nitrogens with one attached hydrogen (secondary N) is 1. The molecule has 2 atom stereocenters. The number of piperazine rings is 1. The first-order valence-corrected chi connectivity index (χ1v) is 8.32. The maximum Gasteiger partial charge on any atom is 0.0628 e. The van der Waals surface area contributed by atoms with Crippen molar-refractivity contribution in [2.45, 2.75) is 57.7 Å². The summed E-state index contributed by atoms with van der Waals surface area (Å²) in [5.74, 6) is 0.662. The summed E-state index contributed by atoms with van der Waals surface area (Å²) in [5, 5.41) is 13.7. The number of likely N-dealkylation sites (N-methyl/N-ethyl adjacent to an activating group) is 1. The van der Waals surface area contributed by atoms with Crippen LogP contribution in [-0.2, 0) is 0 Å². The molecule has 1 saturated heterocycles. The van der Waals surface area contributed by atoms with Crippen LogP contribution >= 0.6 is 0 Å². The Morgan fingerprint density at radius 3 is 2.50 bits per heavy atom. The summed E-state index contributed by atoms with van der Waals surface area (Å²) >= 11 is 0. The number of hydrogen-bond donors (Lipinski definition) is 2. The van der Waals surface area contributed by atoms with Gasteiger partial charge in [-0.2, -0.15) is 0 Å². The number of nitrogens with zero attached hydrogens (tertiary/aromatic N) is 2. The zero-order valence-electron chi connectivity index (χ0n) is 13.7. The van der Waals surface area contributed by atoms with Crippen LogP contribution in [0.1, 0.15) is 40.0 Å². The molecule has 1 aliphatic heterocycles. The minimum absolute atomic E-state index is 0.0810. The topological polar surface area (TPSA) is 38.7 Å². The molecule has 1 saturated carbocycles. The molecule has 1 aliphatic carbocycles. The Morgan fingerprint density at radius 1 is 1.30 bits per heavy atom. The van der Waals surface area contributed by atoms with Crippen molar-refractivity contribution in [1.82, 2.24) is 15.1 Å². The normalized spacial score (nSPS) is 28.8. The van der Waals surface area contributed by atoms with E-state index in [0.717, 1.165) is 26.2 Å². The first kappa shape index (κ1) is 16.2. The van der Waals surface area contributed by atoms with Crippen LogP contribution < -0.4 is 5.32 Å². The Hall–Kier alpha value is -0.160. The van der Waals surface area contributed by atoms with E-state index in [2.05, 4.69) is 42.9 Å². The minimum atomic E-state index is -0.0810. The van der Waals surface area contributed by atoms with E-state index in [-0.39, 0.29) is 12.1 Å². The van der Waals surface area contributed by atoms with Gasteiger partial charge in [0.1, 0.15) is 0 Å². The molecule has 0 aromatic rings. The predicted molar refractivity (Wildman–Crippen MR) is 84.0 cm³/mol. The summed E-state index contributed by atoms with van der Waals surface area (Å²) in [6.07, 6.45) is 3.75. The standard InChI is InChI=1S/C16H33N3O/c1-5-15-10-19(9-8-18(15)4)11-16(12-20,14-6-7-14)17-13(2)3/h13-15,17,20H,5-12H2,1-4H3. The van der Waals surface area contributed by atoms with Gasteiger partial charge in [0.15, 0.2) is 0 Å². The predicted octanol–water partition coefficient (Wildman–Crippen LogP) is 1.15. The van der Waals surface area contributed by atoms with Crippen LogP contribution in [0.4, 0.5) is 0 Å². The average Bonchev–Trinajstić information content (AvgIpc) is 3.24. The molecule has 0 aromatic carbocycles. The Balaban J connectivity index is 2.00. The molecular weight excluding hydrogens is 250 g/mol. The van der Waals surface area contributed by atoms with Crippen LogP contribution in [0.2, 0.25) is 0 Å². The lowest BCUT2D eigenvalue weighted by Gasteiger charge is -2.45. The summed E-state index contributed by atoms with van der Waals surface area (Å²) < 4.78 is 0. The number of hydrogen-bond acceptors (Lipinski definition) is 4. The van der Waals surface area contributed by atoms with Crippen LogP contribution in [0.3, 0.4) is 0 Å². The van der Waals surface area contributed by atoms with Crippen molar-refractivity contribution >= 4 is 0 Å². The van der Waals surface area contributed by atoms with Gasteiger partial charge in [-0.05, 0) is 32.2 Å². The molecule has 0 aromatic heterocycles. The minimum Gasteiger partial charge on any atom is -0.394 e. The fourth-order valence-corrected chi connectivity index (χ4v) is 3.72. The third-order valence-electron chi connectivity index (χ3n) is 5.06. The lowest BCUT2D eigenvalue weighted by molar-refractivity contribution is 0.0378. The van der Waals surface area contributed by atoms with E-state index in [1.54, 1.807) is 0 Å². The maximum atomic E-state index is 10.0. The van der Waals surface area contributed by atoms with Gasteiger partial charge in [-0.3, -0.25) is 4.90 Å². The molecule has 118 valence electrons. The zero-order valence-corrected chi connectivity index (χ0v) is 13.7. The van der Waals surface area contributed by atoms with E-state index in [0.29, 0.717) is 18.0 Å². The van der Waals surface area contributed by atoms with Crippen molar-refractivity contribution in [1.29, 1.82) is 0 Å². The lowest BCUT2D eigenvalue weighted by Crippen LogP contribution is -2.63. The second-order valence-corrected chi connectivity index (χ2v) is 7.17. The summed E-state index contributed by atoms with van der Waals surface area (Å²) in [6, 6.07) is 1.09. The molecule has 0 spiro atoms. The second kappa shape index (κ2) is 6.73. The molecule has 20 heavy (non-hydrogen) atoms.